The molecule has 0 saturated heterocycles. The largest absolute Gasteiger partial charge is 0.283 e. The highest BCUT2D eigenvalue weighted by molar-refractivity contribution is 8.14. The summed E-state index contributed by atoms with van der Waals surface area (Å²) in [6.07, 6.45) is 11.4. The third-order valence-electron chi connectivity index (χ3n) is 10.3. The molecule has 0 aliphatic rings. The third kappa shape index (κ3) is 13.9. The molecule has 4 aromatic rings. The summed E-state index contributed by atoms with van der Waals surface area (Å²) in [6.45, 7) is 9.47. The van der Waals surface area contributed by atoms with Gasteiger partial charge in [-0.2, -0.15) is 0 Å². The van der Waals surface area contributed by atoms with Gasteiger partial charge in [0.2, 0.25) is 31.9 Å². The van der Waals surface area contributed by atoms with Crippen molar-refractivity contribution < 1.29 is 36.0 Å². The maximum Gasteiger partial charge on any atom is 0.255 e. The van der Waals surface area contributed by atoms with Crippen LogP contribution in [0.3, 0.4) is 0 Å². The highest BCUT2D eigenvalue weighted by Crippen LogP contribution is 2.30. The smallest absolute Gasteiger partial charge is 0.255 e. The minimum Gasteiger partial charge on any atom is -0.283 e. The second-order valence-electron chi connectivity index (χ2n) is 15.1. The molecule has 0 saturated carbocycles. The maximum absolute atomic E-state index is 13.5. The summed E-state index contributed by atoms with van der Waals surface area (Å²) < 4.78 is 60.4. The van der Waals surface area contributed by atoms with Gasteiger partial charge in [0.25, 0.3) is 10.2 Å². The van der Waals surface area contributed by atoms with Crippen molar-refractivity contribution in [3.05, 3.63) is 48.0 Å². The van der Waals surface area contributed by atoms with Crippen molar-refractivity contribution in [1.29, 1.82) is 0 Å². The molecule has 0 aliphatic carbocycles. The SMILES string of the molecule is CCCCCCCCS(=O)(=O)Nc1ccc2nc(C(=O)SCCCCCSC(=O)c3nc4c(NS(=O)(=O)C(CCC)CCCC)cccc4n3C(=O)CC)n(C(=O)CC)c2c1. The van der Waals surface area contributed by atoms with Gasteiger partial charge in [0.05, 0.1) is 38.9 Å². The molecule has 336 valence electrons. The van der Waals surface area contributed by atoms with Crippen molar-refractivity contribution in [2.75, 3.05) is 26.7 Å². The fourth-order valence-corrected chi connectivity index (χ4v) is 11.4. The molecule has 0 spiro atoms. The number of unbranched alkanes of at least 4 members (excludes halogenated alkanes) is 8. The number of aromatic nitrogens is 4. The van der Waals surface area contributed by atoms with Crippen LogP contribution in [0.5, 0.6) is 0 Å². The Hall–Kier alpha value is -3.74. The molecule has 1 atom stereocenters. The average molecular weight is 919 g/mol. The van der Waals surface area contributed by atoms with E-state index in [0.29, 0.717) is 78.7 Å². The Morgan fingerprint density at radius 3 is 1.85 bits per heavy atom. The predicted octanol–water partition coefficient (Wildman–Crippen LogP) is 10.3. The molecule has 14 nitrogen and oxygen atoms in total. The summed E-state index contributed by atoms with van der Waals surface area (Å²) in [5, 5.41) is -1.36. The Morgan fingerprint density at radius 2 is 1.23 bits per heavy atom. The Kier molecular flexibility index (Phi) is 19.8. The molecule has 0 bridgehead atoms. The van der Waals surface area contributed by atoms with Crippen molar-refractivity contribution in [1.82, 2.24) is 19.1 Å². The summed E-state index contributed by atoms with van der Waals surface area (Å²) >= 11 is 2.07. The number of nitrogens with zero attached hydrogens (tertiary/aromatic N) is 4. The van der Waals surface area contributed by atoms with E-state index in [1.807, 2.05) is 13.8 Å². The van der Waals surface area contributed by atoms with Crippen LogP contribution in [0.1, 0.15) is 168 Å². The van der Waals surface area contributed by atoms with Gasteiger partial charge >= 0.3 is 0 Å². The Labute approximate surface area is 369 Å². The molecule has 2 N–H and O–H groups in total. The van der Waals surface area contributed by atoms with Crippen LogP contribution in [0.2, 0.25) is 0 Å². The highest BCUT2D eigenvalue weighted by Gasteiger charge is 2.28. The molecule has 0 aliphatic heterocycles. The molecule has 61 heavy (non-hydrogen) atoms. The van der Waals surface area contributed by atoms with Crippen LogP contribution in [-0.4, -0.2) is 80.5 Å². The fourth-order valence-electron chi connectivity index (χ4n) is 7.00. The van der Waals surface area contributed by atoms with E-state index in [-0.39, 0.29) is 58.4 Å². The van der Waals surface area contributed by atoms with Gasteiger partial charge in [-0.25, -0.2) is 26.8 Å². The number of anilines is 2. The number of hydrogen-bond donors (Lipinski definition) is 2. The molecule has 1 unspecified atom stereocenters. The molecule has 18 heteroatoms. The van der Waals surface area contributed by atoms with Crippen molar-refractivity contribution in [2.45, 2.75) is 143 Å². The summed E-state index contributed by atoms with van der Waals surface area (Å²) in [5.74, 6) is 0.128. The second kappa shape index (κ2) is 24.2. The van der Waals surface area contributed by atoms with Crippen LogP contribution in [0.4, 0.5) is 11.4 Å². The zero-order valence-electron chi connectivity index (χ0n) is 36.2. The number of rotatable bonds is 27. The Morgan fingerprint density at radius 1 is 0.639 bits per heavy atom. The lowest BCUT2D eigenvalue weighted by atomic mass is 10.1. The fraction of sp³-hybridized carbons (Fsp3) is 0.581. The zero-order valence-corrected chi connectivity index (χ0v) is 39.4. The lowest BCUT2D eigenvalue weighted by Gasteiger charge is -2.18. The topological polar surface area (TPSA) is 196 Å². The maximum atomic E-state index is 13.5. The number of thioether (sulfide) groups is 2. The number of hydrogen-bond acceptors (Lipinski definition) is 12. The number of carbonyl (C=O) groups excluding carboxylic acids is 4. The molecule has 2 aromatic carbocycles. The lowest BCUT2D eigenvalue weighted by molar-refractivity contribution is 0.0894. The number of benzene rings is 2. The first-order valence-electron chi connectivity index (χ1n) is 21.7. The van der Waals surface area contributed by atoms with Gasteiger partial charge in [-0.05, 0) is 62.4 Å². The third-order valence-corrected chi connectivity index (χ3v) is 15.4. The summed E-state index contributed by atoms with van der Waals surface area (Å²) in [6, 6.07) is 9.62. The summed E-state index contributed by atoms with van der Waals surface area (Å²) in [4.78, 5) is 62.1. The van der Waals surface area contributed by atoms with E-state index in [1.165, 1.54) is 9.13 Å². The van der Waals surface area contributed by atoms with Gasteiger partial charge in [-0.15, -0.1) is 0 Å². The van der Waals surface area contributed by atoms with E-state index in [1.54, 1.807) is 50.2 Å². The standard InChI is InChI=1S/C43H62N6O8S4/c1-6-11-13-14-15-19-29-60(54,55)46-31-25-26-33-36(30-31)49(38(51)10-5)40(44-33)42(52)58-27-17-16-18-28-59-43(53)41-45-39-34(23-20-24-35(39)48(41)37(50)9-4)47-61(56,57)32(21-8-3)22-12-7-2/h20,23-26,30,32,46-47H,6-19,21-22,27-29H2,1-5H3. The lowest BCUT2D eigenvalue weighted by Crippen LogP contribution is -2.28. The molecule has 2 aromatic heterocycles. The number of fused-ring (bicyclic) bond motifs is 2. The van der Waals surface area contributed by atoms with Gasteiger partial charge in [-0.3, -0.25) is 37.8 Å². The Balaban J connectivity index is 1.35. The number of carbonyl (C=O) groups is 4. The number of para-hydroxylation sites is 1. The number of nitrogens with one attached hydrogen (secondary N) is 2. The molecule has 0 radical (unpaired) electrons. The molecule has 2 heterocycles. The van der Waals surface area contributed by atoms with Crippen molar-refractivity contribution >= 4 is 99.1 Å². The normalized spacial score (nSPS) is 12.5. The Bertz CT molecular complexity index is 2360. The molecule has 0 fully saturated rings. The first kappa shape index (κ1) is 49.9. The van der Waals surface area contributed by atoms with Gasteiger partial charge in [0.15, 0.2) is 11.6 Å². The van der Waals surface area contributed by atoms with Crippen LogP contribution < -0.4 is 9.44 Å². The molecule has 4 rings (SSSR count). The average Bonchev–Trinajstić information content (AvgIpc) is 3.82. The predicted molar refractivity (Wildman–Crippen MR) is 250 cm³/mol. The van der Waals surface area contributed by atoms with Crippen LogP contribution >= 0.6 is 23.5 Å². The van der Waals surface area contributed by atoms with Crippen molar-refractivity contribution in [2.24, 2.45) is 0 Å². The quantitative estimate of drug-likeness (QED) is 0.0538. The molecular formula is C43H62N6O8S4. The number of imidazole rings is 2. The first-order chi connectivity index (χ1) is 29.2. The molecular weight excluding hydrogens is 857 g/mol. The van der Waals surface area contributed by atoms with E-state index < -0.39 is 30.4 Å². The van der Waals surface area contributed by atoms with E-state index in [9.17, 15) is 36.0 Å². The van der Waals surface area contributed by atoms with Crippen LogP contribution in [0.15, 0.2) is 36.4 Å². The monoisotopic (exact) mass is 918 g/mol. The van der Waals surface area contributed by atoms with Gasteiger partial charge in [0.1, 0.15) is 5.52 Å². The van der Waals surface area contributed by atoms with Crippen LogP contribution in [0.25, 0.3) is 22.1 Å². The minimum absolute atomic E-state index is 0.00413. The van der Waals surface area contributed by atoms with Crippen LogP contribution in [0, 0.1) is 0 Å². The summed E-state index contributed by atoms with van der Waals surface area (Å²) in [5.41, 5.74) is 1.88. The second-order valence-corrected chi connectivity index (χ2v) is 21.1. The van der Waals surface area contributed by atoms with E-state index >= 15 is 0 Å². The van der Waals surface area contributed by atoms with Gasteiger partial charge in [0, 0.05) is 24.3 Å². The minimum atomic E-state index is -3.76. The van der Waals surface area contributed by atoms with Crippen molar-refractivity contribution in [3.63, 3.8) is 0 Å². The number of sulfonamides is 2. The summed E-state index contributed by atoms with van der Waals surface area (Å²) in [7, 11) is -7.37. The first-order valence-corrected chi connectivity index (χ1v) is 26.8. The van der Waals surface area contributed by atoms with E-state index in [0.717, 1.165) is 68.5 Å². The van der Waals surface area contributed by atoms with Crippen molar-refractivity contribution in [3.8, 4) is 0 Å². The van der Waals surface area contributed by atoms with Crippen LogP contribution in [-0.2, 0) is 20.0 Å². The molecule has 0 amide bonds. The van der Waals surface area contributed by atoms with Gasteiger partial charge < -0.3 is 0 Å². The van der Waals surface area contributed by atoms with E-state index in [4.69, 9.17) is 0 Å². The zero-order chi connectivity index (χ0) is 44.6. The van der Waals surface area contributed by atoms with E-state index in [2.05, 4.69) is 26.3 Å². The highest BCUT2D eigenvalue weighted by atomic mass is 32.2. The van der Waals surface area contributed by atoms with Gasteiger partial charge in [-0.1, -0.05) is 122 Å².